The number of likely N-dealkylation sites (tertiary alicyclic amines) is 1. The lowest BCUT2D eigenvalue weighted by molar-refractivity contribution is -0.276. The lowest BCUT2D eigenvalue weighted by atomic mass is 9.53. The number of fused-ring (bicyclic) bond motifs is 2. The third-order valence-electron chi connectivity index (χ3n) is 14.4. The third-order valence-corrected chi connectivity index (χ3v) is 14.4. The van der Waals surface area contributed by atoms with Crippen molar-refractivity contribution in [3.05, 3.63) is 95.1 Å². The summed E-state index contributed by atoms with van der Waals surface area (Å²) in [4.78, 5) is 16.0. The molecule has 3 aromatic rings. The van der Waals surface area contributed by atoms with Crippen LogP contribution in [0.25, 0.3) is 11.1 Å². The Bertz CT molecular complexity index is 1790. The highest BCUT2D eigenvalue weighted by Gasteiger charge is 2.52. The first kappa shape index (κ1) is 36.4. The van der Waals surface area contributed by atoms with Gasteiger partial charge in [0, 0.05) is 42.7 Å². The third kappa shape index (κ3) is 7.26. The average molecular weight is 732 g/mol. The van der Waals surface area contributed by atoms with Crippen molar-refractivity contribution >= 4 is 6.03 Å². The van der Waals surface area contributed by atoms with Crippen LogP contribution in [0.1, 0.15) is 120 Å². The monoisotopic (exact) mass is 731 g/mol. The molecule has 288 valence electrons. The maximum Gasteiger partial charge on any atom is 0.315 e. The van der Waals surface area contributed by atoms with Gasteiger partial charge in [0.25, 0.3) is 0 Å². The molecule has 7 heteroatoms. The fourth-order valence-electron chi connectivity index (χ4n) is 12.8. The summed E-state index contributed by atoms with van der Waals surface area (Å²) in [6.45, 7) is 12.2. The van der Waals surface area contributed by atoms with Crippen molar-refractivity contribution in [3.63, 3.8) is 0 Å². The number of nitrogens with zero attached hydrogens (tertiary/aromatic N) is 1. The minimum Gasteiger partial charge on any atom is -0.392 e. The molecule has 2 aliphatic heterocycles. The molecule has 3 N–H and O–H groups in total. The summed E-state index contributed by atoms with van der Waals surface area (Å²) < 4.78 is 13.8. The van der Waals surface area contributed by atoms with Gasteiger partial charge in [0.05, 0.1) is 18.8 Å². The minimum absolute atomic E-state index is 0.00137. The van der Waals surface area contributed by atoms with Gasteiger partial charge in [-0.25, -0.2) is 4.79 Å². The number of ether oxygens (including phenoxy) is 2. The zero-order valence-corrected chi connectivity index (χ0v) is 32.9. The first-order chi connectivity index (χ1) is 25.9. The number of carbonyl (C=O) groups excluding carboxylic acids is 1. The molecule has 54 heavy (non-hydrogen) atoms. The summed E-state index contributed by atoms with van der Waals surface area (Å²) in [5.74, 6) is 2.54. The van der Waals surface area contributed by atoms with Gasteiger partial charge in [0.2, 0.25) is 0 Å². The van der Waals surface area contributed by atoms with Crippen LogP contribution in [0.5, 0.6) is 0 Å². The van der Waals surface area contributed by atoms with E-state index in [4.69, 9.17) is 9.47 Å². The van der Waals surface area contributed by atoms with Crippen molar-refractivity contribution in [3.8, 4) is 11.1 Å². The van der Waals surface area contributed by atoms with Gasteiger partial charge in [-0.2, -0.15) is 0 Å². The van der Waals surface area contributed by atoms with Crippen LogP contribution in [-0.2, 0) is 22.6 Å². The van der Waals surface area contributed by atoms with Gasteiger partial charge in [-0.15, -0.1) is 0 Å². The van der Waals surface area contributed by atoms with E-state index >= 15 is 0 Å². The number of aliphatic hydroxyl groups excluding tert-OH is 1. The Balaban J connectivity index is 0.908. The Labute approximate surface area is 322 Å². The Morgan fingerprint density at radius 2 is 1.50 bits per heavy atom. The van der Waals surface area contributed by atoms with Gasteiger partial charge in [-0.05, 0) is 114 Å². The second kappa shape index (κ2) is 14.1. The number of amides is 2. The van der Waals surface area contributed by atoms with Crippen molar-refractivity contribution < 1.29 is 19.4 Å². The van der Waals surface area contributed by atoms with Crippen LogP contribution >= 0.6 is 0 Å². The molecule has 0 spiro atoms. The van der Waals surface area contributed by atoms with Gasteiger partial charge < -0.3 is 25.2 Å². The van der Waals surface area contributed by atoms with Crippen molar-refractivity contribution in [1.82, 2.24) is 15.5 Å². The number of urea groups is 1. The SMILES string of the molecule is CC1C(CN2CC3(C)CC2CC(C)(C)C3)OC(c2ccc(-c3ccccc3CNC(=O)NC34CC5CC(CC(C5)C3)C4)cc2)OC1c1ccc(CO)cc1. The number of nitrogens with one attached hydrogen (secondary N) is 2. The Morgan fingerprint density at radius 1 is 0.833 bits per heavy atom. The summed E-state index contributed by atoms with van der Waals surface area (Å²) in [7, 11) is 0. The molecule has 2 amide bonds. The number of hydrogen-bond donors (Lipinski definition) is 3. The standard InChI is InChI=1S/C47H61N3O4/c1-30-41(26-50-29-46(4)24-39(50)23-45(2,3)28-46)53-43(54-42(30)36-11-9-31(27-51)10-12-36)37-15-13-35(14-16-37)40-8-6-5-7-38(40)25-48-44(52)49-47-20-32-17-33(21-47)19-34(18-32)22-47/h5-16,30,32-34,39,41-43,51H,17-29H2,1-4H3,(H2,48,49,52). The van der Waals surface area contributed by atoms with Gasteiger partial charge in [-0.1, -0.05) is 100 Å². The van der Waals surface area contributed by atoms with Crippen LogP contribution < -0.4 is 10.6 Å². The molecule has 7 nitrogen and oxygen atoms in total. The molecular weight excluding hydrogens is 671 g/mol. The van der Waals surface area contributed by atoms with Gasteiger partial charge in [0.15, 0.2) is 6.29 Å². The number of carbonyl (C=O) groups is 1. The highest BCUT2D eigenvalue weighted by Crippen LogP contribution is 2.56. The van der Waals surface area contributed by atoms with Crippen LogP contribution in [-0.4, -0.2) is 46.8 Å². The molecule has 0 aromatic heterocycles. The molecule has 7 aliphatic rings. The van der Waals surface area contributed by atoms with E-state index in [0.717, 1.165) is 83.5 Å². The molecule has 2 heterocycles. The lowest BCUT2D eigenvalue weighted by Gasteiger charge is -2.56. The van der Waals surface area contributed by atoms with E-state index in [1.54, 1.807) is 0 Å². The number of benzene rings is 3. The Morgan fingerprint density at radius 3 is 2.19 bits per heavy atom. The van der Waals surface area contributed by atoms with E-state index in [1.807, 2.05) is 12.1 Å². The van der Waals surface area contributed by atoms with Crippen molar-refractivity contribution in [2.24, 2.45) is 34.5 Å². The van der Waals surface area contributed by atoms with E-state index in [2.05, 4.69) is 104 Å². The Kier molecular flexibility index (Phi) is 9.48. The maximum atomic E-state index is 13.3. The molecule has 6 unspecified atom stereocenters. The molecule has 7 fully saturated rings. The summed E-state index contributed by atoms with van der Waals surface area (Å²) in [6.07, 6.45) is 10.7. The van der Waals surface area contributed by atoms with Gasteiger partial charge in [-0.3, -0.25) is 4.90 Å². The molecular formula is C47H61N3O4. The molecule has 6 atom stereocenters. The van der Waals surface area contributed by atoms with Crippen molar-refractivity contribution in [1.29, 1.82) is 0 Å². The molecule has 3 aromatic carbocycles. The van der Waals surface area contributed by atoms with Crippen LogP contribution in [0.15, 0.2) is 72.8 Å². The topological polar surface area (TPSA) is 83.1 Å². The van der Waals surface area contributed by atoms with Gasteiger partial charge in [0.1, 0.15) is 0 Å². The van der Waals surface area contributed by atoms with Crippen LogP contribution in [0.4, 0.5) is 4.79 Å². The summed E-state index contributed by atoms with van der Waals surface area (Å²) in [5.41, 5.74) is 7.08. The first-order valence-electron chi connectivity index (χ1n) is 20.9. The molecule has 6 bridgehead atoms. The number of rotatable bonds is 9. The van der Waals surface area contributed by atoms with Crippen LogP contribution in [0, 0.1) is 34.5 Å². The normalized spacial score (nSPS) is 36.6. The Hall–Kier alpha value is -3.23. The lowest BCUT2D eigenvalue weighted by Crippen LogP contribution is -2.61. The quantitative estimate of drug-likeness (QED) is 0.204. The van der Waals surface area contributed by atoms with Crippen LogP contribution in [0.3, 0.4) is 0 Å². The smallest absolute Gasteiger partial charge is 0.315 e. The van der Waals surface area contributed by atoms with E-state index in [-0.39, 0.29) is 36.3 Å². The predicted octanol–water partition coefficient (Wildman–Crippen LogP) is 9.31. The fraction of sp³-hybridized carbons (Fsp3) is 0.596. The summed E-state index contributed by atoms with van der Waals surface area (Å²) in [6, 6.07) is 25.8. The average Bonchev–Trinajstić information content (AvgIpc) is 3.37. The van der Waals surface area contributed by atoms with Crippen molar-refractivity contribution in [2.75, 3.05) is 13.1 Å². The molecule has 2 saturated heterocycles. The summed E-state index contributed by atoms with van der Waals surface area (Å²) >= 11 is 0. The molecule has 5 saturated carbocycles. The molecule has 10 rings (SSSR count). The highest BCUT2D eigenvalue weighted by molar-refractivity contribution is 5.76. The largest absolute Gasteiger partial charge is 0.392 e. The summed E-state index contributed by atoms with van der Waals surface area (Å²) in [5, 5.41) is 16.4. The van der Waals surface area contributed by atoms with Gasteiger partial charge >= 0.3 is 6.03 Å². The van der Waals surface area contributed by atoms with E-state index in [1.165, 1.54) is 38.5 Å². The minimum atomic E-state index is -0.498. The first-order valence-corrected chi connectivity index (χ1v) is 20.9. The van der Waals surface area contributed by atoms with E-state index in [0.29, 0.717) is 23.4 Å². The highest BCUT2D eigenvalue weighted by atomic mass is 16.7. The molecule has 0 radical (unpaired) electrons. The maximum absolute atomic E-state index is 13.3. The zero-order chi connectivity index (χ0) is 37.2. The second-order valence-corrected chi connectivity index (χ2v) is 19.7. The number of hydrogen-bond acceptors (Lipinski definition) is 5. The number of aliphatic hydroxyl groups is 1. The second-order valence-electron chi connectivity index (χ2n) is 19.7. The van der Waals surface area contributed by atoms with E-state index in [9.17, 15) is 9.90 Å². The van der Waals surface area contributed by atoms with Crippen LogP contribution in [0.2, 0.25) is 0 Å². The van der Waals surface area contributed by atoms with Crippen molar-refractivity contribution in [2.45, 2.75) is 129 Å². The molecule has 5 aliphatic carbocycles. The fourth-order valence-corrected chi connectivity index (χ4v) is 12.8. The van der Waals surface area contributed by atoms with E-state index < -0.39 is 6.29 Å². The zero-order valence-electron chi connectivity index (χ0n) is 32.9. The predicted molar refractivity (Wildman–Crippen MR) is 212 cm³/mol.